The maximum Gasteiger partial charge on any atom is 0.335 e. The summed E-state index contributed by atoms with van der Waals surface area (Å²) in [5.41, 5.74) is 3.11. The van der Waals surface area contributed by atoms with E-state index in [4.69, 9.17) is 5.11 Å². The van der Waals surface area contributed by atoms with Gasteiger partial charge in [0.25, 0.3) is 0 Å². The number of carboxylic acids is 1. The van der Waals surface area contributed by atoms with Crippen LogP contribution in [-0.2, 0) is 11.2 Å². The zero-order valence-corrected chi connectivity index (χ0v) is 11.2. The summed E-state index contributed by atoms with van der Waals surface area (Å²) in [6.07, 6.45) is 0.200. The molecule has 0 aliphatic carbocycles. The molecule has 2 rings (SSSR count). The number of carbonyl (C=O) groups is 2. The van der Waals surface area contributed by atoms with Crippen molar-refractivity contribution in [1.82, 2.24) is 10.2 Å². The first-order valence-electron chi connectivity index (χ1n) is 6.11. The van der Waals surface area contributed by atoms with Gasteiger partial charge in [-0.25, -0.2) is 4.79 Å². The Bertz CT molecular complexity index is 642. The van der Waals surface area contributed by atoms with Gasteiger partial charge in [0.1, 0.15) is 0 Å². The van der Waals surface area contributed by atoms with Crippen molar-refractivity contribution in [2.24, 2.45) is 0 Å². The van der Waals surface area contributed by atoms with Crippen LogP contribution in [0.5, 0.6) is 0 Å². The minimum absolute atomic E-state index is 0.137. The van der Waals surface area contributed by atoms with Gasteiger partial charge in [-0.2, -0.15) is 5.10 Å². The van der Waals surface area contributed by atoms with Crippen LogP contribution in [0, 0.1) is 13.8 Å². The summed E-state index contributed by atoms with van der Waals surface area (Å²) in [5, 5.41) is 18.4. The van der Waals surface area contributed by atoms with E-state index >= 15 is 0 Å². The Morgan fingerprint density at radius 2 is 2.10 bits per heavy atom. The van der Waals surface area contributed by atoms with Crippen molar-refractivity contribution in [2.45, 2.75) is 20.3 Å². The van der Waals surface area contributed by atoms with E-state index in [-0.39, 0.29) is 17.9 Å². The molecule has 0 atom stereocenters. The van der Waals surface area contributed by atoms with Crippen LogP contribution in [0.2, 0.25) is 0 Å². The van der Waals surface area contributed by atoms with Crippen LogP contribution < -0.4 is 5.32 Å². The molecule has 1 aromatic carbocycles. The molecule has 1 heterocycles. The van der Waals surface area contributed by atoms with Crippen molar-refractivity contribution in [3.8, 4) is 0 Å². The van der Waals surface area contributed by atoms with Gasteiger partial charge in [0.2, 0.25) is 5.91 Å². The number of carbonyl (C=O) groups excluding carboxylic acids is 1. The Morgan fingerprint density at radius 3 is 2.70 bits per heavy atom. The molecule has 0 saturated heterocycles. The fourth-order valence-corrected chi connectivity index (χ4v) is 1.93. The highest BCUT2D eigenvalue weighted by Gasteiger charge is 2.12. The van der Waals surface area contributed by atoms with E-state index in [2.05, 4.69) is 15.5 Å². The van der Waals surface area contributed by atoms with Crippen LogP contribution in [0.3, 0.4) is 0 Å². The van der Waals surface area contributed by atoms with E-state index in [1.807, 2.05) is 13.8 Å². The van der Waals surface area contributed by atoms with Crippen molar-refractivity contribution >= 4 is 17.6 Å². The molecule has 0 unspecified atom stereocenters. The summed E-state index contributed by atoms with van der Waals surface area (Å²) >= 11 is 0. The maximum atomic E-state index is 12.0. The number of carboxylic acid groups (broad SMARTS) is 1. The quantitative estimate of drug-likeness (QED) is 0.793. The zero-order valence-electron chi connectivity index (χ0n) is 11.2. The first-order chi connectivity index (χ1) is 9.47. The lowest BCUT2D eigenvalue weighted by Gasteiger charge is -2.06. The maximum absolute atomic E-state index is 12.0. The Hall–Kier alpha value is -2.63. The van der Waals surface area contributed by atoms with Gasteiger partial charge in [0.05, 0.1) is 17.7 Å². The van der Waals surface area contributed by atoms with E-state index in [9.17, 15) is 9.59 Å². The smallest absolute Gasteiger partial charge is 0.335 e. The molecule has 0 spiro atoms. The molecule has 104 valence electrons. The Morgan fingerprint density at radius 1 is 1.35 bits per heavy atom. The van der Waals surface area contributed by atoms with Crippen molar-refractivity contribution < 1.29 is 14.7 Å². The third kappa shape index (κ3) is 3.03. The number of hydrogen-bond acceptors (Lipinski definition) is 3. The highest BCUT2D eigenvalue weighted by atomic mass is 16.4. The van der Waals surface area contributed by atoms with E-state index in [0.29, 0.717) is 5.69 Å². The van der Waals surface area contributed by atoms with E-state index in [0.717, 1.165) is 17.0 Å². The van der Waals surface area contributed by atoms with Crippen molar-refractivity contribution in [1.29, 1.82) is 0 Å². The molecule has 2 aromatic rings. The molecule has 1 amide bonds. The van der Waals surface area contributed by atoms with Gasteiger partial charge < -0.3 is 10.4 Å². The lowest BCUT2D eigenvalue weighted by atomic mass is 10.1. The van der Waals surface area contributed by atoms with E-state index in [1.54, 1.807) is 12.1 Å². The average molecular weight is 273 g/mol. The standard InChI is InChI=1S/C14H15N3O3/c1-8-12(9(2)17-16-8)7-13(18)15-11-5-3-4-10(6-11)14(19)20/h3-6H,7H2,1-2H3,(H,15,18)(H,16,17)(H,19,20). The number of hydrogen-bond donors (Lipinski definition) is 3. The molecule has 0 radical (unpaired) electrons. The van der Waals surface area contributed by atoms with Crippen LogP contribution in [0.1, 0.15) is 27.3 Å². The first kappa shape index (κ1) is 13.8. The summed E-state index contributed by atoms with van der Waals surface area (Å²) in [6.45, 7) is 3.69. The molecule has 3 N–H and O–H groups in total. The molecule has 6 heteroatoms. The minimum atomic E-state index is -1.03. The van der Waals surface area contributed by atoms with Gasteiger partial charge in [-0.05, 0) is 32.0 Å². The summed E-state index contributed by atoms with van der Waals surface area (Å²) in [6, 6.07) is 6.14. The van der Waals surface area contributed by atoms with E-state index < -0.39 is 5.97 Å². The number of aromatic carboxylic acids is 1. The number of aryl methyl sites for hydroxylation is 2. The molecule has 1 aromatic heterocycles. The monoisotopic (exact) mass is 273 g/mol. The summed E-state index contributed by atoms with van der Waals surface area (Å²) in [7, 11) is 0. The fraction of sp³-hybridized carbons (Fsp3) is 0.214. The molecule has 0 bridgehead atoms. The lowest BCUT2D eigenvalue weighted by molar-refractivity contribution is -0.115. The molecular weight excluding hydrogens is 258 g/mol. The van der Waals surface area contributed by atoms with Crippen molar-refractivity contribution in [2.75, 3.05) is 5.32 Å². The Balaban J connectivity index is 2.09. The number of aromatic amines is 1. The molecular formula is C14H15N3O3. The SMILES string of the molecule is Cc1n[nH]c(C)c1CC(=O)Nc1cccc(C(=O)O)c1. The average Bonchev–Trinajstić information content (AvgIpc) is 2.71. The predicted molar refractivity (Wildman–Crippen MR) is 73.8 cm³/mol. The number of nitrogens with zero attached hydrogens (tertiary/aromatic N) is 1. The van der Waals surface area contributed by atoms with Crippen LogP contribution in [0.25, 0.3) is 0 Å². The van der Waals surface area contributed by atoms with Gasteiger partial charge in [-0.3, -0.25) is 9.89 Å². The number of benzene rings is 1. The summed E-state index contributed by atoms with van der Waals surface area (Å²) in [5.74, 6) is -1.23. The van der Waals surface area contributed by atoms with Crippen LogP contribution >= 0.6 is 0 Å². The van der Waals surface area contributed by atoms with Crippen molar-refractivity contribution in [3.63, 3.8) is 0 Å². The Kier molecular flexibility index (Phi) is 3.84. The number of anilines is 1. The highest BCUT2D eigenvalue weighted by molar-refractivity contribution is 5.94. The second-order valence-electron chi connectivity index (χ2n) is 4.52. The van der Waals surface area contributed by atoms with Gasteiger partial charge in [0, 0.05) is 16.9 Å². The molecule has 0 aliphatic heterocycles. The number of aromatic nitrogens is 2. The second kappa shape index (κ2) is 5.56. The zero-order chi connectivity index (χ0) is 14.7. The largest absolute Gasteiger partial charge is 0.478 e. The number of nitrogens with one attached hydrogen (secondary N) is 2. The summed E-state index contributed by atoms with van der Waals surface area (Å²) < 4.78 is 0. The molecule has 0 fully saturated rings. The topological polar surface area (TPSA) is 95.1 Å². The fourth-order valence-electron chi connectivity index (χ4n) is 1.93. The number of amides is 1. The minimum Gasteiger partial charge on any atom is -0.478 e. The van der Waals surface area contributed by atoms with Gasteiger partial charge in [-0.15, -0.1) is 0 Å². The lowest BCUT2D eigenvalue weighted by Crippen LogP contribution is -2.15. The summed E-state index contributed by atoms with van der Waals surface area (Å²) in [4.78, 5) is 22.8. The molecule has 0 aliphatic rings. The first-order valence-corrected chi connectivity index (χ1v) is 6.11. The molecule has 20 heavy (non-hydrogen) atoms. The Labute approximate surface area is 115 Å². The predicted octanol–water partition coefficient (Wildman–Crippen LogP) is 1.91. The number of rotatable bonds is 4. The van der Waals surface area contributed by atoms with Gasteiger partial charge in [-0.1, -0.05) is 6.07 Å². The van der Waals surface area contributed by atoms with Gasteiger partial charge in [0.15, 0.2) is 0 Å². The van der Waals surface area contributed by atoms with Crippen LogP contribution in [-0.4, -0.2) is 27.2 Å². The third-order valence-electron chi connectivity index (χ3n) is 3.01. The molecule has 0 saturated carbocycles. The van der Waals surface area contributed by atoms with Crippen LogP contribution in [0.4, 0.5) is 5.69 Å². The van der Waals surface area contributed by atoms with Crippen molar-refractivity contribution in [3.05, 3.63) is 46.8 Å². The third-order valence-corrected chi connectivity index (χ3v) is 3.01. The number of H-pyrrole nitrogens is 1. The highest BCUT2D eigenvalue weighted by Crippen LogP contribution is 2.14. The van der Waals surface area contributed by atoms with Crippen LogP contribution in [0.15, 0.2) is 24.3 Å². The second-order valence-corrected chi connectivity index (χ2v) is 4.52. The molecule has 6 nitrogen and oxygen atoms in total. The van der Waals surface area contributed by atoms with Gasteiger partial charge >= 0.3 is 5.97 Å². The van der Waals surface area contributed by atoms with E-state index in [1.165, 1.54) is 12.1 Å². The normalized spacial score (nSPS) is 10.3.